The van der Waals surface area contributed by atoms with Crippen molar-refractivity contribution in [3.63, 3.8) is 0 Å². The molecule has 118 valence electrons. The fraction of sp³-hybridized carbons (Fsp3) is 0.467. The van der Waals surface area contributed by atoms with E-state index in [0.717, 1.165) is 25.5 Å². The molecular weight excluding hydrogens is 302 g/mol. The summed E-state index contributed by atoms with van der Waals surface area (Å²) in [4.78, 5) is 14.3. The second-order valence-electron chi connectivity index (χ2n) is 5.46. The first-order valence-electron chi connectivity index (χ1n) is 7.16. The van der Waals surface area contributed by atoms with Crippen LogP contribution in [0.15, 0.2) is 24.3 Å². The van der Waals surface area contributed by atoms with Gasteiger partial charge in [0, 0.05) is 24.7 Å². The lowest BCUT2D eigenvalue weighted by molar-refractivity contribution is 0.0619. The number of carbonyl (C=O) groups is 1. The highest BCUT2D eigenvalue weighted by atomic mass is 32.2. The Morgan fingerprint density at radius 2 is 2.23 bits per heavy atom. The molecule has 1 N–H and O–H groups in total. The van der Waals surface area contributed by atoms with Crippen LogP contribution in [0.25, 0.3) is 0 Å². The van der Waals surface area contributed by atoms with Crippen molar-refractivity contribution < 1.29 is 13.2 Å². The number of likely N-dealkylation sites (tertiary alicyclic amines) is 1. The maximum Gasteiger partial charge on any atom is 0.254 e. The molecule has 0 aliphatic carbocycles. The first-order valence-corrected chi connectivity index (χ1v) is 9.05. The van der Waals surface area contributed by atoms with Crippen molar-refractivity contribution in [1.82, 2.24) is 9.62 Å². The van der Waals surface area contributed by atoms with Crippen molar-refractivity contribution >= 4 is 15.9 Å². The molecule has 0 radical (unpaired) electrons. The predicted molar refractivity (Wildman–Crippen MR) is 82.7 cm³/mol. The lowest BCUT2D eigenvalue weighted by Gasteiger charge is -2.35. The Kier molecular flexibility index (Phi) is 5.16. The number of piperidine rings is 1. The fourth-order valence-corrected chi connectivity index (χ4v) is 3.11. The molecule has 1 atom stereocenters. The molecule has 22 heavy (non-hydrogen) atoms. The van der Waals surface area contributed by atoms with Crippen LogP contribution in [0, 0.1) is 11.3 Å². The highest BCUT2D eigenvalue weighted by Gasteiger charge is 2.28. The molecule has 0 bridgehead atoms. The van der Waals surface area contributed by atoms with Gasteiger partial charge in [-0.25, -0.2) is 13.1 Å². The number of nitrogens with one attached hydrogen (secondary N) is 1. The van der Waals surface area contributed by atoms with Gasteiger partial charge in [0.2, 0.25) is 10.0 Å². The van der Waals surface area contributed by atoms with E-state index in [2.05, 4.69) is 4.72 Å². The average Bonchev–Trinajstić information content (AvgIpc) is 2.52. The Hall–Kier alpha value is -1.91. The van der Waals surface area contributed by atoms with Crippen LogP contribution in [0.1, 0.15) is 35.2 Å². The van der Waals surface area contributed by atoms with E-state index in [1.165, 1.54) is 0 Å². The van der Waals surface area contributed by atoms with Gasteiger partial charge >= 0.3 is 0 Å². The van der Waals surface area contributed by atoms with Gasteiger partial charge in [-0.3, -0.25) is 4.79 Å². The molecule has 1 aliphatic heterocycles. The summed E-state index contributed by atoms with van der Waals surface area (Å²) >= 11 is 0. The first kappa shape index (κ1) is 16.5. The molecule has 1 saturated heterocycles. The molecule has 1 aromatic rings. The van der Waals surface area contributed by atoms with E-state index < -0.39 is 10.0 Å². The number of hydrogen-bond donors (Lipinski definition) is 1. The van der Waals surface area contributed by atoms with Crippen LogP contribution in [0.3, 0.4) is 0 Å². The van der Waals surface area contributed by atoms with Crippen molar-refractivity contribution in [2.24, 2.45) is 0 Å². The molecule has 1 aliphatic rings. The smallest absolute Gasteiger partial charge is 0.254 e. The van der Waals surface area contributed by atoms with Gasteiger partial charge in [0.25, 0.3) is 5.91 Å². The summed E-state index contributed by atoms with van der Waals surface area (Å²) in [6.07, 6.45) is 3.75. The highest BCUT2D eigenvalue weighted by molar-refractivity contribution is 7.88. The van der Waals surface area contributed by atoms with Crippen molar-refractivity contribution in [2.75, 3.05) is 19.3 Å². The van der Waals surface area contributed by atoms with Gasteiger partial charge in [0.1, 0.15) is 0 Å². The van der Waals surface area contributed by atoms with Gasteiger partial charge in [0.15, 0.2) is 0 Å². The van der Waals surface area contributed by atoms with E-state index >= 15 is 0 Å². The van der Waals surface area contributed by atoms with E-state index in [9.17, 15) is 13.2 Å². The van der Waals surface area contributed by atoms with E-state index in [-0.39, 0.29) is 18.5 Å². The molecule has 6 nitrogen and oxygen atoms in total. The lowest BCUT2D eigenvalue weighted by Crippen LogP contribution is -2.49. The number of hydrogen-bond acceptors (Lipinski definition) is 4. The normalized spacial score (nSPS) is 18.7. The molecule has 1 amide bonds. The zero-order chi connectivity index (χ0) is 16.2. The summed E-state index contributed by atoms with van der Waals surface area (Å²) in [7, 11) is -3.28. The average molecular weight is 321 g/mol. The number of benzene rings is 1. The van der Waals surface area contributed by atoms with E-state index in [0.29, 0.717) is 17.7 Å². The number of carbonyl (C=O) groups excluding carboxylic acids is 1. The summed E-state index contributed by atoms with van der Waals surface area (Å²) in [6.45, 7) is 0.828. The van der Waals surface area contributed by atoms with Crippen molar-refractivity contribution in [3.8, 4) is 6.07 Å². The summed E-state index contributed by atoms with van der Waals surface area (Å²) in [5.41, 5.74) is 0.902. The van der Waals surface area contributed by atoms with Gasteiger partial charge in [-0.15, -0.1) is 0 Å². The molecule has 1 heterocycles. The quantitative estimate of drug-likeness (QED) is 0.899. The monoisotopic (exact) mass is 321 g/mol. The third-order valence-corrected chi connectivity index (χ3v) is 4.40. The van der Waals surface area contributed by atoms with E-state index in [4.69, 9.17) is 5.26 Å². The maximum atomic E-state index is 12.6. The topological polar surface area (TPSA) is 90.3 Å². The number of nitriles is 1. The Morgan fingerprint density at radius 3 is 2.91 bits per heavy atom. The van der Waals surface area contributed by atoms with Gasteiger partial charge < -0.3 is 4.90 Å². The Balaban J connectivity index is 2.15. The zero-order valence-electron chi connectivity index (χ0n) is 12.4. The SMILES string of the molecule is CS(=O)(=O)NCC1CCCCN1C(=O)c1cccc(C#N)c1. The Bertz CT molecular complexity index is 694. The van der Waals surface area contributed by atoms with Crippen LogP contribution < -0.4 is 4.72 Å². The largest absolute Gasteiger partial charge is 0.334 e. The molecular formula is C15H19N3O3S. The molecule has 0 spiro atoms. The van der Waals surface area contributed by atoms with Gasteiger partial charge in [-0.2, -0.15) is 5.26 Å². The van der Waals surface area contributed by atoms with E-state index in [1.54, 1.807) is 29.2 Å². The minimum atomic E-state index is -3.28. The van der Waals surface area contributed by atoms with Crippen molar-refractivity contribution in [3.05, 3.63) is 35.4 Å². The van der Waals surface area contributed by atoms with E-state index in [1.807, 2.05) is 6.07 Å². The highest BCUT2D eigenvalue weighted by Crippen LogP contribution is 2.20. The van der Waals surface area contributed by atoms with Gasteiger partial charge in [0.05, 0.1) is 17.9 Å². The van der Waals surface area contributed by atoms with Gasteiger partial charge in [-0.05, 0) is 37.5 Å². The van der Waals surface area contributed by atoms with Crippen LogP contribution >= 0.6 is 0 Å². The second-order valence-corrected chi connectivity index (χ2v) is 7.29. The summed E-state index contributed by atoms with van der Waals surface area (Å²) in [5, 5.41) is 8.93. The Morgan fingerprint density at radius 1 is 1.45 bits per heavy atom. The number of amides is 1. The summed E-state index contributed by atoms with van der Waals surface area (Å²) < 4.78 is 25.0. The van der Waals surface area contributed by atoms with Crippen LogP contribution in [0.2, 0.25) is 0 Å². The summed E-state index contributed by atoms with van der Waals surface area (Å²) in [6, 6.07) is 8.44. The fourth-order valence-electron chi connectivity index (χ4n) is 2.62. The third kappa shape index (κ3) is 4.29. The molecule has 0 aromatic heterocycles. The van der Waals surface area contributed by atoms with Crippen LogP contribution in [-0.4, -0.2) is 44.6 Å². The van der Waals surface area contributed by atoms with Crippen molar-refractivity contribution in [1.29, 1.82) is 5.26 Å². The third-order valence-electron chi connectivity index (χ3n) is 3.71. The minimum absolute atomic E-state index is 0.151. The van der Waals surface area contributed by atoms with Gasteiger partial charge in [-0.1, -0.05) is 6.07 Å². The Labute approximate surface area is 130 Å². The molecule has 7 heteroatoms. The standard InChI is InChI=1S/C15H19N3O3S/c1-22(20,21)17-11-14-7-2-3-8-18(14)15(19)13-6-4-5-12(9-13)10-16/h4-6,9,14,17H,2-3,7-8,11H2,1H3. The van der Waals surface area contributed by atoms with Crippen LogP contribution in [0.5, 0.6) is 0 Å². The molecule has 0 saturated carbocycles. The molecule has 1 fully saturated rings. The second kappa shape index (κ2) is 6.90. The number of sulfonamides is 1. The molecule has 1 unspecified atom stereocenters. The van der Waals surface area contributed by atoms with Crippen LogP contribution in [-0.2, 0) is 10.0 Å². The number of rotatable bonds is 4. The number of nitrogens with zero attached hydrogens (tertiary/aromatic N) is 2. The zero-order valence-corrected chi connectivity index (χ0v) is 13.3. The summed E-state index contributed by atoms with van der Waals surface area (Å²) in [5.74, 6) is -0.155. The first-order chi connectivity index (χ1) is 10.4. The minimum Gasteiger partial charge on any atom is -0.334 e. The predicted octanol–water partition coefficient (Wildman–Crippen LogP) is 1.10. The molecule has 1 aromatic carbocycles. The molecule has 2 rings (SSSR count). The van der Waals surface area contributed by atoms with Crippen LogP contribution in [0.4, 0.5) is 0 Å². The van der Waals surface area contributed by atoms with Crippen molar-refractivity contribution in [2.45, 2.75) is 25.3 Å². The maximum absolute atomic E-state index is 12.6. The lowest BCUT2D eigenvalue weighted by atomic mass is 10.0.